The third-order valence-electron chi connectivity index (χ3n) is 3.41. The highest BCUT2D eigenvalue weighted by Gasteiger charge is 2.17. The highest BCUT2D eigenvalue weighted by atomic mass is 16.3. The number of hydrogen-bond acceptors (Lipinski definition) is 3. The number of benzene rings is 1. The second kappa shape index (κ2) is 6.03. The molecule has 1 aromatic carbocycles. The quantitative estimate of drug-likeness (QED) is 0.859. The Balaban J connectivity index is 2.00. The highest BCUT2D eigenvalue weighted by molar-refractivity contribution is 5.53. The summed E-state index contributed by atoms with van der Waals surface area (Å²) in [6.45, 7) is 7.96. The van der Waals surface area contributed by atoms with E-state index in [0.29, 0.717) is 0 Å². The molecule has 0 bridgehead atoms. The average Bonchev–Trinajstić information content (AvgIpc) is 2.40. The number of rotatable bonds is 4. The SMILES string of the molecule is CCCN1CCN(c2ccccc2CO)CC1. The zero-order valence-electron chi connectivity index (χ0n) is 10.6. The standard InChI is InChI=1S/C14H22N2O/c1-2-7-15-8-10-16(11-9-15)14-6-4-3-5-13(14)12-17/h3-6,17H,2,7-12H2,1H3. The molecule has 1 saturated heterocycles. The number of nitrogens with zero attached hydrogens (tertiary/aromatic N) is 2. The number of aliphatic hydroxyl groups is 1. The van der Waals surface area contributed by atoms with E-state index in [2.05, 4.69) is 22.8 Å². The van der Waals surface area contributed by atoms with E-state index in [-0.39, 0.29) is 6.61 Å². The molecular weight excluding hydrogens is 212 g/mol. The normalized spacial score (nSPS) is 17.4. The molecule has 17 heavy (non-hydrogen) atoms. The topological polar surface area (TPSA) is 26.7 Å². The van der Waals surface area contributed by atoms with Crippen LogP contribution in [0, 0.1) is 0 Å². The van der Waals surface area contributed by atoms with Crippen LogP contribution in [0.15, 0.2) is 24.3 Å². The van der Waals surface area contributed by atoms with E-state index in [9.17, 15) is 5.11 Å². The van der Waals surface area contributed by atoms with Crippen molar-refractivity contribution in [2.75, 3.05) is 37.6 Å². The summed E-state index contributed by atoms with van der Waals surface area (Å²) in [4.78, 5) is 4.90. The van der Waals surface area contributed by atoms with Gasteiger partial charge in [-0.05, 0) is 19.0 Å². The Hall–Kier alpha value is -1.06. The van der Waals surface area contributed by atoms with Crippen LogP contribution in [0.3, 0.4) is 0 Å². The Morgan fingerprint density at radius 3 is 2.47 bits per heavy atom. The fraction of sp³-hybridized carbons (Fsp3) is 0.571. The van der Waals surface area contributed by atoms with Crippen molar-refractivity contribution in [1.82, 2.24) is 4.90 Å². The minimum atomic E-state index is 0.130. The maximum Gasteiger partial charge on any atom is 0.0702 e. The smallest absolute Gasteiger partial charge is 0.0702 e. The summed E-state index contributed by atoms with van der Waals surface area (Å²) < 4.78 is 0. The van der Waals surface area contributed by atoms with Gasteiger partial charge in [0, 0.05) is 37.4 Å². The van der Waals surface area contributed by atoms with Crippen molar-refractivity contribution in [3.8, 4) is 0 Å². The second-order valence-corrected chi connectivity index (χ2v) is 4.62. The van der Waals surface area contributed by atoms with E-state index in [1.807, 2.05) is 18.2 Å². The van der Waals surface area contributed by atoms with Gasteiger partial charge >= 0.3 is 0 Å². The van der Waals surface area contributed by atoms with Gasteiger partial charge in [0.2, 0.25) is 0 Å². The van der Waals surface area contributed by atoms with Crippen molar-refractivity contribution < 1.29 is 5.11 Å². The first-order valence-corrected chi connectivity index (χ1v) is 6.51. The van der Waals surface area contributed by atoms with E-state index >= 15 is 0 Å². The molecule has 0 aliphatic carbocycles. The van der Waals surface area contributed by atoms with Gasteiger partial charge in [0.1, 0.15) is 0 Å². The van der Waals surface area contributed by atoms with Gasteiger partial charge in [0.15, 0.2) is 0 Å². The lowest BCUT2D eigenvalue weighted by atomic mass is 10.1. The summed E-state index contributed by atoms with van der Waals surface area (Å²) in [5.74, 6) is 0. The van der Waals surface area contributed by atoms with Crippen molar-refractivity contribution in [2.24, 2.45) is 0 Å². The Bertz CT molecular complexity index is 346. The minimum absolute atomic E-state index is 0.130. The third-order valence-corrected chi connectivity index (χ3v) is 3.41. The number of aliphatic hydroxyl groups excluding tert-OH is 1. The molecule has 94 valence electrons. The lowest BCUT2D eigenvalue weighted by Gasteiger charge is -2.36. The number of piperazine rings is 1. The molecule has 3 heteroatoms. The van der Waals surface area contributed by atoms with E-state index < -0.39 is 0 Å². The summed E-state index contributed by atoms with van der Waals surface area (Å²) >= 11 is 0. The molecule has 1 heterocycles. The van der Waals surface area contributed by atoms with Gasteiger partial charge in [-0.3, -0.25) is 4.90 Å². The van der Waals surface area contributed by atoms with E-state index in [4.69, 9.17) is 0 Å². The lowest BCUT2D eigenvalue weighted by Crippen LogP contribution is -2.46. The molecule has 1 fully saturated rings. The molecule has 0 saturated carbocycles. The predicted octanol–water partition coefficient (Wildman–Crippen LogP) is 1.71. The molecule has 1 aliphatic rings. The molecule has 0 atom stereocenters. The summed E-state index contributed by atoms with van der Waals surface area (Å²) in [6.07, 6.45) is 1.23. The zero-order valence-corrected chi connectivity index (χ0v) is 10.6. The van der Waals surface area contributed by atoms with Crippen LogP contribution in [0.5, 0.6) is 0 Å². The van der Waals surface area contributed by atoms with Crippen molar-refractivity contribution in [3.63, 3.8) is 0 Å². The van der Waals surface area contributed by atoms with E-state index in [1.54, 1.807) is 0 Å². The van der Waals surface area contributed by atoms with Gasteiger partial charge in [-0.25, -0.2) is 0 Å². The fourth-order valence-corrected chi connectivity index (χ4v) is 2.48. The van der Waals surface area contributed by atoms with E-state index in [0.717, 1.165) is 31.7 Å². The van der Waals surface area contributed by atoms with Gasteiger partial charge in [0.25, 0.3) is 0 Å². The zero-order chi connectivity index (χ0) is 12.1. The molecule has 0 spiro atoms. The molecule has 0 amide bonds. The molecule has 0 aromatic heterocycles. The monoisotopic (exact) mass is 234 g/mol. The molecule has 3 nitrogen and oxygen atoms in total. The maximum absolute atomic E-state index is 9.35. The summed E-state index contributed by atoms with van der Waals surface area (Å²) in [5.41, 5.74) is 2.24. The van der Waals surface area contributed by atoms with Gasteiger partial charge in [-0.1, -0.05) is 25.1 Å². The highest BCUT2D eigenvalue weighted by Crippen LogP contribution is 2.21. The van der Waals surface area contributed by atoms with Crippen molar-refractivity contribution in [3.05, 3.63) is 29.8 Å². The van der Waals surface area contributed by atoms with Gasteiger partial charge in [-0.15, -0.1) is 0 Å². The van der Waals surface area contributed by atoms with E-state index in [1.165, 1.54) is 18.7 Å². The van der Waals surface area contributed by atoms with Crippen LogP contribution >= 0.6 is 0 Å². The minimum Gasteiger partial charge on any atom is -0.392 e. The van der Waals surface area contributed by atoms with Crippen LogP contribution in [0.25, 0.3) is 0 Å². The van der Waals surface area contributed by atoms with Crippen LogP contribution in [-0.2, 0) is 6.61 Å². The molecule has 1 aliphatic heterocycles. The first-order chi connectivity index (χ1) is 8.35. The molecule has 0 radical (unpaired) electrons. The number of hydrogen-bond donors (Lipinski definition) is 1. The van der Waals surface area contributed by atoms with Crippen LogP contribution in [0.4, 0.5) is 5.69 Å². The van der Waals surface area contributed by atoms with Gasteiger partial charge < -0.3 is 10.0 Å². The Labute approximate surface area is 104 Å². The van der Waals surface area contributed by atoms with Gasteiger partial charge in [0.05, 0.1) is 6.61 Å². The Kier molecular flexibility index (Phi) is 4.40. The lowest BCUT2D eigenvalue weighted by molar-refractivity contribution is 0.256. The first-order valence-electron chi connectivity index (χ1n) is 6.51. The Morgan fingerprint density at radius 1 is 1.12 bits per heavy atom. The number of anilines is 1. The van der Waals surface area contributed by atoms with Crippen molar-refractivity contribution >= 4 is 5.69 Å². The molecule has 2 rings (SSSR count). The van der Waals surface area contributed by atoms with Crippen molar-refractivity contribution in [2.45, 2.75) is 20.0 Å². The van der Waals surface area contributed by atoms with Gasteiger partial charge in [-0.2, -0.15) is 0 Å². The van der Waals surface area contributed by atoms with Crippen molar-refractivity contribution in [1.29, 1.82) is 0 Å². The first kappa shape index (κ1) is 12.4. The predicted molar refractivity (Wildman–Crippen MR) is 71.3 cm³/mol. The van der Waals surface area contributed by atoms with Crippen LogP contribution in [0.2, 0.25) is 0 Å². The largest absolute Gasteiger partial charge is 0.392 e. The molecule has 1 N–H and O–H groups in total. The molecular formula is C14H22N2O. The Morgan fingerprint density at radius 2 is 1.82 bits per heavy atom. The van der Waals surface area contributed by atoms with Crippen LogP contribution in [0.1, 0.15) is 18.9 Å². The maximum atomic E-state index is 9.35. The average molecular weight is 234 g/mol. The second-order valence-electron chi connectivity index (χ2n) is 4.62. The summed E-state index contributed by atoms with van der Waals surface area (Å²) in [5, 5.41) is 9.35. The summed E-state index contributed by atoms with van der Waals surface area (Å²) in [7, 11) is 0. The van der Waals surface area contributed by atoms with Crippen LogP contribution < -0.4 is 4.90 Å². The number of para-hydroxylation sites is 1. The van der Waals surface area contributed by atoms with Crippen LogP contribution in [-0.4, -0.2) is 42.7 Å². The summed E-state index contributed by atoms with van der Waals surface area (Å²) in [6, 6.07) is 8.16. The molecule has 1 aromatic rings. The fourth-order valence-electron chi connectivity index (χ4n) is 2.48. The molecule has 0 unspecified atom stereocenters. The third kappa shape index (κ3) is 2.99.